The molecular formula is C18H23N3O3S. The molecule has 1 aliphatic heterocycles. The molecule has 1 amide bonds. The molecule has 7 heteroatoms. The minimum atomic E-state index is -3.44. The number of benzene rings is 2. The fourth-order valence-corrected chi connectivity index (χ4v) is 3.97. The molecule has 0 aliphatic carbocycles. The Morgan fingerprint density at radius 1 is 1.08 bits per heavy atom. The highest BCUT2D eigenvalue weighted by molar-refractivity contribution is 7.87. The predicted octanol–water partition coefficient (Wildman–Crippen LogP) is 1.84. The monoisotopic (exact) mass is 361 g/mol. The van der Waals surface area contributed by atoms with Crippen LogP contribution in [0.3, 0.4) is 0 Å². The van der Waals surface area contributed by atoms with Crippen LogP contribution in [0.4, 0.5) is 0 Å². The van der Waals surface area contributed by atoms with Crippen LogP contribution in [0.2, 0.25) is 0 Å². The van der Waals surface area contributed by atoms with Crippen LogP contribution in [0.15, 0.2) is 42.5 Å². The van der Waals surface area contributed by atoms with Gasteiger partial charge in [0.05, 0.1) is 0 Å². The van der Waals surface area contributed by atoms with Gasteiger partial charge in [-0.3, -0.25) is 4.79 Å². The molecule has 0 bridgehead atoms. The van der Waals surface area contributed by atoms with Gasteiger partial charge in [0.25, 0.3) is 16.1 Å². The topological polar surface area (TPSA) is 69.7 Å². The number of carbonyl (C=O) groups is 1. The van der Waals surface area contributed by atoms with Gasteiger partial charge in [-0.05, 0) is 29.7 Å². The second-order valence-corrected chi connectivity index (χ2v) is 8.41. The SMILES string of the molecule is CN(C)S(=O)(=O)NC1CCN(C(=O)c2cccc3ccccc23)CC1. The van der Waals surface area contributed by atoms with Crippen LogP contribution in [0.1, 0.15) is 23.2 Å². The number of carbonyl (C=O) groups excluding carboxylic acids is 1. The van der Waals surface area contributed by atoms with Gasteiger partial charge in [-0.1, -0.05) is 36.4 Å². The average Bonchev–Trinajstić information content (AvgIpc) is 2.61. The van der Waals surface area contributed by atoms with Crippen molar-refractivity contribution in [3.8, 4) is 0 Å². The van der Waals surface area contributed by atoms with Crippen molar-refractivity contribution in [2.24, 2.45) is 0 Å². The quantitative estimate of drug-likeness (QED) is 0.903. The fraction of sp³-hybridized carbons (Fsp3) is 0.389. The van der Waals surface area contributed by atoms with Gasteiger partial charge >= 0.3 is 0 Å². The minimum Gasteiger partial charge on any atom is -0.339 e. The molecule has 0 aromatic heterocycles. The van der Waals surface area contributed by atoms with E-state index in [1.165, 1.54) is 18.4 Å². The fourth-order valence-electron chi connectivity index (χ4n) is 3.10. The van der Waals surface area contributed by atoms with Crippen molar-refractivity contribution in [2.45, 2.75) is 18.9 Å². The highest BCUT2D eigenvalue weighted by Crippen LogP contribution is 2.22. The third-order valence-electron chi connectivity index (χ3n) is 4.60. The Kier molecular flexibility index (Phi) is 5.08. The molecule has 0 atom stereocenters. The van der Waals surface area contributed by atoms with Crippen LogP contribution in [0.5, 0.6) is 0 Å². The van der Waals surface area contributed by atoms with Gasteiger partial charge in [0.15, 0.2) is 0 Å². The van der Waals surface area contributed by atoms with E-state index < -0.39 is 10.2 Å². The molecule has 25 heavy (non-hydrogen) atoms. The maximum absolute atomic E-state index is 12.9. The molecule has 3 rings (SSSR count). The number of piperidine rings is 1. The van der Waals surface area contributed by atoms with E-state index >= 15 is 0 Å². The standard InChI is InChI=1S/C18H23N3O3S/c1-20(2)25(23,24)19-15-10-12-21(13-11-15)18(22)17-9-5-7-14-6-3-4-8-16(14)17/h3-9,15,19H,10-13H2,1-2H3. The van der Waals surface area contributed by atoms with Gasteiger partial charge in [0.2, 0.25) is 0 Å². The van der Waals surface area contributed by atoms with Gasteiger partial charge in [0.1, 0.15) is 0 Å². The predicted molar refractivity (Wildman–Crippen MR) is 98.6 cm³/mol. The van der Waals surface area contributed by atoms with E-state index in [0.717, 1.165) is 10.8 Å². The van der Waals surface area contributed by atoms with Crippen molar-refractivity contribution < 1.29 is 13.2 Å². The lowest BCUT2D eigenvalue weighted by Crippen LogP contribution is -2.49. The van der Waals surface area contributed by atoms with E-state index in [9.17, 15) is 13.2 Å². The zero-order chi connectivity index (χ0) is 18.0. The first-order valence-corrected chi connectivity index (χ1v) is 9.79. The number of nitrogens with one attached hydrogen (secondary N) is 1. The zero-order valence-corrected chi connectivity index (χ0v) is 15.3. The molecule has 1 saturated heterocycles. The van der Waals surface area contributed by atoms with Crippen molar-refractivity contribution in [1.82, 2.24) is 13.9 Å². The molecule has 0 saturated carbocycles. The molecule has 1 N–H and O–H groups in total. The van der Waals surface area contributed by atoms with Gasteiger partial charge in [-0.25, -0.2) is 0 Å². The number of hydrogen-bond donors (Lipinski definition) is 1. The van der Waals surface area contributed by atoms with Crippen molar-refractivity contribution in [1.29, 1.82) is 0 Å². The van der Waals surface area contributed by atoms with Crippen LogP contribution in [0.25, 0.3) is 10.8 Å². The van der Waals surface area contributed by atoms with E-state index in [0.29, 0.717) is 31.5 Å². The number of amides is 1. The summed E-state index contributed by atoms with van der Waals surface area (Å²) in [4.78, 5) is 14.7. The lowest BCUT2D eigenvalue weighted by atomic mass is 10.0. The second-order valence-electron chi connectivity index (χ2n) is 6.50. The summed E-state index contributed by atoms with van der Waals surface area (Å²) in [7, 11) is -0.434. The maximum Gasteiger partial charge on any atom is 0.279 e. The van der Waals surface area contributed by atoms with Crippen LogP contribution in [-0.2, 0) is 10.2 Å². The Hall–Kier alpha value is -1.96. The first-order valence-electron chi connectivity index (χ1n) is 8.35. The van der Waals surface area contributed by atoms with Gasteiger partial charge in [0, 0.05) is 38.8 Å². The molecular weight excluding hydrogens is 338 g/mol. The number of nitrogens with zero attached hydrogens (tertiary/aromatic N) is 2. The van der Waals surface area contributed by atoms with Crippen LogP contribution in [0, 0.1) is 0 Å². The smallest absolute Gasteiger partial charge is 0.279 e. The summed E-state index contributed by atoms with van der Waals surface area (Å²) in [6.45, 7) is 1.09. The van der Waals surface area contributed by atoms with Crippen molar-refractivity contribution >= 4 is 26.9 Å². The normalized spacial score (nSPS) is 16.5. The summed E-state index contributed by atoms with van der Waals surface area (Å²) in [6.07, 6.45) is 1.23. The lowest BCUT2D eigenvalue weighted by molar-refractivity contribution is 0.0713. The van der Waals surface area contributed by atoms with Gasteiger partial charge < -0.3 is 4.90 Å². The first-order chi connectivity index (χ1) is 11.9. The summed E-state index contributed by atoms with van der Waals surface area (Å²) in [5.41, 5.74) is 0.699. The number of hydrogen-bond acceptors (Lipinski definition) is 3. The number of fused-ring (bicyclic) bond motifs is 1. The van der Waals surface area contributed by atoms with E-state index in [1.807, 2.05) is 47.4 Å². The Labute approximate surface area is 148 Å². The molecule has 134 valence electrons. The van der Waals surface area contributed by atoms with Gasteiger partial charge in [-0.2, -0.15) is 17.4 Å². The van der Waals surface area contributed by atoms with E-state index in [2.05, 4.69) is 4.72 Å². The van der Waals surface area contributed by atoms with E-state index in [1.54, 1.807) is 0 Å². The molecule has 2 aromatic rings. The zero-order valence-electron chi connectivity index (χ0n) is 14.5. The Morgan fingerprint density at radius 3 is 2.40 bits per heavy atom. The third kappa shape index (κ3) is 3.84. The largest absolute Gasteiger partial charge is 0.339 e. The molecule has 2 aromatic carbocycles. The van der Waals surface area contributed by atoms with Crippen LogP contribution in [-0.4, -0.2) is 56.8 Å². The average molecular weight is 361 g/mol. The highest BCUT2D eigenvalue weighted by atomic mass is 32.2. The summed E-state index contributed by atoms with van der Waals surface area (Å²) >= 11 is 0. The summed E-state index contributed by atoms with van der Waals surface area (Å²) < 4.78 is 27.7. The first kappa shape index (κ1) is 17.8. The molecule has 0 unspecified atom stereocenters. The molecule has 1 aliphatic rings. The van der Waals surface area contributed by atoms with Crippen molar-refractivity contribution in [3.63, 3.8) is 0 Å². The molecule has 1 fully saturated rings. The second kappa shape index (κ2) is 7.11. The maximum atomic E-state index is 12.9. The van der Waals surface area contributed by atoms with Crippen LogP contribution >= 0.6 is 0 Å². The Balaban J connectivity index is 1.70. The molecule has 1 heterocycles. The molecule has 0 radical (unpaired) electrons. The Morgan fingerprint density at radius 2 is 1.72 bits per heavy atom. The third-order valence-corrected chi connectivity index (χ3v) is 6.19. The van der Waals surface area contributed by atoms with Crippen molar-refractivity contribution in [3.05, 3.63) is 48.0 Å². The van der Waals surface area contributed by atoms with E-state index in [-0.39, 0.29) is 11.9 Å². The highest BCUT2D eigenvalue weighted by Gasteiger charge is 2.27. The van der Waals surface area contributed by atoms with Crippen molar-refractivity contribution in [2.75, 3.05) is 27.2 Å². The minimum absolute atomic E-state index is 0.00529. The molecule has 0 spiro atoms. The summed E-state index contributed by atoms with van der Waals surface area (Å²) in [6, 6.07) is 13.5. The van der Waals surface area contributed by atoms with Crippen LogP contribution < -0.4 is 4.72 Å². The van der Waals surface area contributed by atoms with Gasteiger partial charge in [-0.15, -0.1) is 0 Å². The molecule has 6 nitrogen and oxygen atoms in total. The number of rotatable bonds is 4. The van der Waals surface area contributed by atoms with E-state index in [4.69, 9.17) is 0 Å². The summed E-state index contributed by atoms with van der Waals surface area (Å²) in [5, 5.41) is 1.99. The lowest BCUT2D eigenvalue weighted by Gasteiger charge is -2.33. The Bertz CT molecular complexity index is 867. The number of likely N-dealkylation sites (tertiary alicyclic amines) is 1. The summed E-state index contributed by atoms with van der Waals surface area (Å²) in [5.74, 6) is 0.00529.